The molecule has 0 spiro atoms. The molecule has 0 saturated heterocycles. The van der Waals surface area contributed by atoms with Crippen LogP contribution in [0.5, 0.6) is 17.2 Å². The maximum Gasteiger partial charge on any atom is 0.260 e. The summed E-state index contributed by atoms with van der Waals surface area (Å²) in [6.07, 6.45) is -0.671. The fraction of sp³-hybridized carbons (Fsp3) is 0.263. The highest BCUT2D eigenvalue weighted by Crippen LogP contribution is 2.32. The summed E-state index contributed by atoms with van der Waals surface area (Å²) in [5.74, 6) is 1.19. The second kappa shape index (κ2) is 8.64. The fourth-order valence-electron chi connectivity index (χ4n) is 2.42. The first kappa shape index (κ1) is 18.8. The molecular weight excluding hydrogens is 372 g/mol. The van der Waals surface area contributed by atoms with Crippen LogP contribution in [-0.2, 0) is 4.79 Å². The lowest BCUT2D eigenvalue weighted by atomic mass is 10.2. The summed E-state index contributed by atoms with van der Waals surface area (Å²) in [6, 6.07) is 11.7. The number of amides is 2. The van der Waals surface area contributed by atoms with E-state index in [-0.39, 0.29) is 31.7 Å². The molecular formula is C19H19ClN2O5. The molecule has 1 atom stereocenters. The number of fused-ring (bicyclic) bond motifs is 1. The lowest BCUT2D eigenvalue weighted by molar-refractivity contribution is -0.127. The molecule has 3 rings (SSSR count). The van der Waals surface area contributed by atoms with E-state index < -0.39 is 6.10 Å². The van der Waals surface area contributed by atoms with Gasteiger partial charge in [-0.1, -0.05) is 11.6 Å². The van der Waals surface area contributed by atoms with E-state index in [1.807, 2.05) is 0 Å². The van der Waals surface area contributed by atoms with Crippen molar-refractivity contribution in [3.63, 3.8) is 0 Å². The number of carbonyl (C=O) groups is 2. The van der Waals surface area contributed by atoms with Gasteiger partial charge in [-0.15, -0.1) is 0 Å². The molecule has 0 radical (unpaired) electrons. The second-order valence-corrected chi connectivity index (χ2v) is 6.27. The van der Waals surface area contributed by atoms with Crippen LogP contribution in [0.1, 0.15) is 17.3 Å². The van der Waals surface area contributed by atoms with Crippen molar-refractivity contribution in [3.8, 4) is 17.2 Å². The Kier molecular flexibility index (Phi) is 6.03. The molecule has 1 heterocycles. The van der Waals surface area contributed by atoms with Crippen molar-refractivity contribution in [1.82, 2.24) is 10.6 Å². The third kappa shape index (κ3) is 5.04. The van der Waals surface area contributed by atoms with Gasteiger partial charge < -0.3 is 24.8 Å². The Morgan fingerprint density at radius 1 is 1.07 bits per heavy atom. The third-order valence-electron chi connectivity index (χ3n) is 3.84. The zero-order chi connectivity index (χ0) is 19.2. The number of rotatable bonds is 7. The minimum Gasteiger partial charge on any atom is -0.481 e. The van der Waals surface area contributed by atoms with E-state index in [2.05, 4.69) is 10.6 Å². The molecule has 1 unspecified atom stereocenters. The summed E-state index contributed by atoms with van der Waals surface area (Å²) in [7, 11) is 0. The summed E-state index contributed by atoms with van der Waals surface area (Å²) in [5.41, 5.74) is 0.463. The summed E-state index contributed by atoms with van der Waals surface area (Å²) >= 11 is 5.81. The minimum atomic E-state index is -0.671. The number of benzene rings is 2. The average Bonchev–Trinajstić information content (AvgIpc) is 3.14. The van der Waals surface area contributed by atoms with Gasteiger partial charge >= 0.3 is 0 Å². The highest BCUT2D eigenvalue weighted by Gasteiger charge is 2.17. The van der Waals surface area contributed by atoms with Gasteiger partial charge in [0.25, 0.3) is 11.8 Å². The Morgan fingerprint density at radius 3 is 2.56 bits per heavy atom. The topological polar surface area (TPSA) is 85.9 Å². The first-order chi connectivity index (χ1) is 13.0. The van der Waals surface area contributed by atoms with Gasteiger partial charge in [-0.25, -0.2) is 0 Å². The third-order valence-corrected chi connectivity index (χ3v) is 4.09. The molecule has 2 N–H and O–H groups in total. The zero-order valence-corrected chi connectivity index (χ0v) is 15.4. The van der Waals surface area contributed by atoms with Crippen LogP contribution in [0.3, 0.4) is 0 Å². The minimum absolute atomic E-state index is 0.155. The lowest BCUT2D eigenvalue weighted by Gasteiger charge is -2.15. The number of ether oxygens (including phenoxy) is 3. The second-order valence-electron chi connectivity index (χ2n) is 5.83. The van der Waals surface area contributed by atoms with Crippen LogP contribution >= 0.6 is 11.6 Å². The molecule has 27 heavy (non-hydrogen) atoms. The van der Waals surface area contributed by atoms with E-state index in [1.165, 1.54) is 0 Å². The average molecular weight is 391 g/mol. The van der Waals surface area contributed by atoms with Crippen LogP contribution < -0.4 is 24.8 Å². The smallest absolute Gasteiger partial charge is 0.260 e. The molecule has 1 aliphatic rings. The van der Waals surface area contributed by atoms with E-state index in [0.717, 1.165) is 0 Å². The molecule has 2 amide bonds. The normalized spacial score (nSPS) is 13.0. The van der Waals surface area contributed by atoms with Crippen molar-refractivity contribution >= 4 is 23.4 Å². The van der Waals surface area contributed by atoms with E-state index >= 15 is 0 Å². The van der Waals surface area contributed by atoms with Crippen LogP contribution in [0, 0.1) is 0 Å². The molecule has 1 aliphatic heterocycles. The van der Waals surface area contributed by atoms with Crippen LogP contribution in [-0.4, -0.2) is 37.8 Å². The van der Waals surface area contributed by atoms with Crippen LogP contribution in [0.25, 0.3) is 0 Å². The molecule has 0 aliphatic carbocycles. The molecule has 0 saturated carbocycles. The number of hydrogen-bond donors (Lipinski definition) is 2. The number of carbonyl (C=O) groups excluding carboxylic acids is 2. The van der Waals surface area contributed by atoms with E-state index in [0.29, 0.717) is 27.8 Å². The van der Waals surface area contributed by atoms with Crippen molar-refractivity contribution in [3.05, 3.63) is 53.1 Å². The standard InChI is InChI=1S/C19H19ClN2O5/c1-12(27-15-5-3-14(20)4-6-15)18(23)21-8-9-22-19(24)13-2-7-16-17(10-13)26-11-25-16/h2-7,10,12H,8-9,11H2,1H3,(H,21,23)(H,22,24). The fourth-order valence-corrected chi connectivity index (χ4v) is 2.54. The summed E-state index contributed by atoms with van der Waals surface area (Å²) in [5, 5.41) is 6.04. The van der Waals surface area contributed by atoms with Gasteiger partial charge in [-0.2, -0.15) is 0 Å². The predicted octanol–water partition coefficient (Wildman–Crippen LogP) is 2.38. The van der Waals surface area contributed by atoms with E-state index in [4.69, 9.17) is 25.8 Å². The largest absolute Gasteiger partial charge is 0.481 e. The quantitative estimate of drug-likeness (QED) is 0.709. The molecule has 2 aromatic rings. The maximum atomic E-state index is 12.1. The van der Waals surface area contributed by atoms with Crippen LogP contribution in [0.2, 0.25) is 5.02 Å². The predicted molar refractivity (Wildman–Crippen MR) is 99.4 cm³/mol. The van der Waals surface area contributed by atoms with Gasteiger partial charge in [0, 0.05) is 23.7 Å². The Labute approximate surface area is 161 Å². The van der Waals surface area contributed by atoms with Crippen molar-refractivity contribution < 1.29 is 23.8 Å². The molecule has 0 bridgehead atoms. The first-order valence-corrected chi connectivity index (χ1v) is 8.78. The van der Waals surface area contributed by atoms with Crippen molar-refractivity contribution in [2.45, 2.75) is 13.0 Å². The first-order valence-electron chi connectivity index (χ1n) is 8.41. The van der Waals surface area contributed by atoms with E-state index in [9.17, 15) is 9.59 Å². The molecule has 2 aromatic carbocycles. The number of nitrogens with one attached hydrogen (secondary N) is 2. The number of halogens is 1. The highest BCUT2D eigenvalue weighted by molar-refractivity contribution is 6.30. The number of hydrogen-bond acceptors (Lipinski definition) is 5. The van der Waals surface area contributed by atoms with Gasteiger partial charge in [0.1, 0.15) is 5.75 Å². The SMILES string of the molecule is CC(Oc1ccc(Cl)cc1)C(=O)NCCNC(=O)c1ccc2c(c1)OCO2. The van der Waals surface area contributed by atoms with Gasteiger partial charge in [0.2, 0.25) is 6.79 Å². The Morgan fingerprint density at radius 2 is 1.78 bits per heavy atom. The zero-order valence-electron chi connectivity index (χ0n) is 14.7. The monoisotopic (exact) mass is 390 g/mol. The summed E-state index contributed by atoms with van der Waals surface area (Å²) in [4.78, 5) is 24.2. The summed E-state index contributed by atoms with van der Waals surface area (Å²) in [6.45, 7) is 2.37. The Balaban J connectivity index is 1.39. The molecule has 0 aromatic heterocycles. The van der Waals surface area contributed by atoms with Gasteiger partial charge in [0.05, 0.1) is 0 Å². The van der Waals surface area contributed by atoms with Gasteiger partial charge in [-0.3, -0.25) is 9.59 Å². The molecule has 142 valence electrons. The molecule has 8 heteroatoms. The lowest BCUT2D eigenvalue weighted by Crippen LogP contribution is -2.40. The van der Waals surface area contributed by atoms with Gasteiger partial charge in [0.15, 0.2) is 17.6 Å². The van der Waals surface area contributed by atoms with E-state index in [1.54, 1.807) is 49.4 Å². The van der Waals surface area contributed by atoms with Crippen molar-refractivity contribution in [2.24, 2.45) is 0 Å². The van der Waals surface area contributed by atoms with Crippen molar-refractivity contribution in [2.75, 3.05) is 19.9 Å². The summed E-state index contributed by atoms with van der Waals surface area (Å²) < 4.78 is 16.0. The highest BCUT2D eigenvalue weighted by atomic mass is 35.5. The maximum absolute atomic E-state index is 12.1. The Hall–Kier alpha value is -2.93. The van der Waals surface area contributed by atoms with Gasteiger partial charge in [-0.05, 0) is 49.4 Å². The Bertz CT molecular complexity index is 825. The molecule has 7 nitrogen and oxygen atoms in total. The van der Waals surface area contributed by atoms with Crippen molar-refractivity contribution in [1.29, 1.82) is 0 Å². The molecule has 0 fully saturated rings. The van der Waals surface area contributed by atoms with Crippen LogP contribution in [0.15, 0.2) is 42.5 Å². The van der Waals surface area contributed by atoms with Crippen LogP contribution in [0.4, 0.5) is 0 Å².